The molecule has 0 radical (unpaired) electrons. The predicted octanol–water partition coefficient (Wildman–Crippen LogP) is 3.11. The second-order valence-corrected chi connectivity index (χ2v) is 6.46. The van der Waals surface area contributed by atoms with Crippen LogP contribution in [-0.4, -0.2) is 42.0 Å². The van der Waals surface area contributed by atoms with Gasteiger partial charge in [0.1, 0.15) is 10.8 Å². The molecule has 2 heterocycles. The van der Waals surface area contributed by atoms with Gasteiger partial charge in [-0.1, -0.05) is 6.07 Å². The third-order valence-corrected chi connectivity index (χ3v) is 4.76. The SMILES string of the molecule is CNCCCOc1ccc2nc(C3=N[C@@H](C)CS3)ccc2c1. The average Bonchev–Trinajstić information content (AvgIpc) is 2.97. The van der Waals surface area contributed by atoms with Crippen LogP contribution in [0.3, 0.4) is 0 Å². The van der Waals surface area contributed by atoms with E-state index < -0.39 is 0 Å². The van der Waals surface area contributed by atoms with E-state index in [1.807, 2.05) is 19.2 Å². The lowest BCUT2D eigenvalue weighted by Crippen LogP contribution is -2.11. The third-order valence-electron chi connectivity index (χ3n) is 3.52. The van der Waals surface area contributed by atoms with E-state index in [1.165, 1.54) is 0 Å². The van der Waals surface area contributed by atoms with Gasteiger partial charge in [-0.25, -0.2) is 4.98 Å². The zero-order valence-electron chi connectivity index (χ0n) is 13.0. The quantitative estimate of drug-likeness (QED) is 0.832. The number of hydrogen-bond acceptors (Lipinski definition) is 5. The van der Waals surface area contributed by atoms with Crippen LogP contribution in [-0.2, 0) is 0 Å². The highest BCUT2D eigenvalue weighted by Crippen LogP contribution is 2.25. The fraction of sp³-hybridized carbons (Fsp3) is 0.412. The number of aliphatic imine (C=N–C) groups is 1. The van der Waals surface area contributed by atoms with Gasteiger partial charge < -0.3 is 10.1 Å². The Hall–Kier alpha value is -1.59. The summed E-state index contributed by atoms with van der Waals surface area (Å²) in [6, 6.07) is 10.6. The highest BCUT2D eigenvalue weighted by Gasteiger charge is 2.16. The van der Waals surface area contributed by atoms with Gasteiger partial charge in [0.15, 0.2) is 0 Å². The van der Waals surface area contributed by atoms with Crippen molar-refractivity contribution < 1.29 is 4.74 Å². The molecule has 1 aromatic heterocycles. The van der Waals surface area contributed by atoms with Crippen LogP contribution in [0.15, 0.2) is 35.3 Å². The first kappa shape index (κ1) is 15.3. The summed E-state index contributed by atoms with van der Waals surface area (Å²) in [6.07, 6.45) is 1.00. The smallest absolute Gasteiger partial charge is 0.120 e. The number of nitrogens with zero attached hydrogens (tertiary/aromatic N) is 2. The zero-order valence-corrected chi connectivity index (χ0v) is 13.8. The van der Waals surface area contributed by atoms with E-state index in [4.69, 9.17) is 9.72 Å². The molecule has 0 saturated carbocycles. The van der Waals surface area contributed by atoms with E-state index in [0.29, 0.717) is 6.04 Å². The van der Waals surface area contributed by atoms with Crippen molar-refractivity contribution in [2.45, 2.75) is 19.4 Å². The van der Waals surface area contributed by atoms with Crippen molar-refractivity contribution in [2.75, 3.05) is 26.0 Å². The number of benzene rings is 1. The van der Waals surface area contributed by atoms with Gasteiger partial charge in [-0.15, -0.1) is 11.8 Å². The van der Waals surface area contributed by atoms with Crippen molar-refractivity contribution in [1.29, 1.82) is 0 Å². The Morgan fingerprint density at radius 1 is 1.32 bits per heavy atom. The lowest BCUT2D eigenvalue weighted by atomic mass is 10.2. The maximum atomic E-state index is 5.76. The number of nitrogens with one attached hydrogen (secondary N) is 1. The van der Waals surface area contributed by atoms with Crippen LogP contribution < -0.4 is 10.1 Å². The molecule has 1 aliphatic heterocycles. The van der Waals surface area contributed by atoms with Gasteiger partial charge >= 0.3 is 0 Å². The lowest BCUT2D eigenvalue weighted by Gasteiger charge is -2.08. The third kappa shape index (κ3) is 3.59. The van der Waals surface area contributed by atoms with Crippen LogP contribution in [0.1, 0.15) is 19.0 Å². The first-order chi connectivity index (χ1) is 10.8. The molecular weight excluding hydrogens is 294 g/mol. The van der Waals surface area contributed by atoms with Crippen LogP contribution in [0, 0.1) is 0 Å². The van der Waals surface area contributed by atoms with Crippen LogP contribution in [0.5, 0.6) is 5.75 Å². The summed E-state index contributed by atoms with van der Waals surface area (Å²) in [6.45, 7) is 3.83. The molecule has 0 aliphatic carbocycles. The van der Waals surface area contributed by atoms with E-state index in [2.05, 4.69) is 35.4 Å². The lowest BCUT2D eigenvalue weighted by molar-refractivity contribution is 0.310. The highest BCUT2D eigenvalue weighted by molar-refractivity contribution is 8.14. The fourth-order valence-electron chi connectivity index (χ4n) is 2.37. The largest absolute Gasteiger partial charge is 0.494 e. The number of aromatic nitrogens is 1. The number of fused-ring (bicyclic) bond motifs is 1. The molecule has 1 aromatic carbocycles. The Bertz CT molecular complexity index is 687. The molecule has 0 bridgehead atoms. The van der Waals surface area contributed by atoms with Gasteiger partial charge in [0.05, 0.1) is 23.9 Å². The molecule has 3 rings (SSSR count). The van der Waals surface area contributed by atoms with E-state index >= 15 is 0 Å². The van der Waals surface area contributed by atoms with Gasteiger partial charge in [-0.2, -0.15) is 0 Å². The number of rotatable bonds is 6. The number of pyridine rings is 1. The summed E-state index contributed by atoms with van der Waals surface area (Å²) in [7, 11) is 1.95. The van der Waals surface area contributed by atoms with Crippen molar-refractivity contribution in [3.63, 3.8) is 0 Å². The molecule has 0 amide bonds. The van der Waals surface area contributed by atoms with E-state index in [-0.39, 0.29) is 0 Å². The first-order valence-electron chi connectivity index (χ1n) is 7.65. The average molecular weight is 315 g/mol. The van der Waals surface area contributed by atoms with Crippen molar-refractivity contribution in [1.82, 2.24) is 10.3 Å². The highest BCUT2D eigenvalue weighted by atomic mass is 32.2. The molecule has 2 aromatic rings. The molecule has 4 nitrogen and oxygen atoms in total. The Balaban J connectivity index is 1.75. The minimum Gasteiger partial charge on any atom is -0.494 e. The van der Waals surface area contributed by atoms with Gasteiger partial charge in [-0.3, -0.25) is 4.99 Å². The molecule has 5 heteroatoms. The zero-order chi connectivity index (χ0) is 15.4. The summed E-state index contributed by atoms with van der Waals surface area (Å²) >= 11 is 1.79. The summed E-state index contributed by atoms with van der Waals surface area (Å²) in [4.78, 5) is 9.35. The summed E-state index contributed by atoms with van der Waals surface area (Å²) in [5.74, 6) is 1.95. The monoisotopic (exact) mass is 315 g/mol. The van der Waals surface area contributed by atoms with E-state index in [0.717, 1.165) is 52.7 Å². The topological polar surface area (TPSA) is 46.5 Å². The Labute approximate surface area is 135 Å². The predicted molar refractivity (Wildman–Crippen MR) is 94.2 cm³/mol. The minimum atomic E-state index is 0.394. The molecule has 1 N–H and O–H groups in total. The normalized spacial score (nSPS) is 17.7. The van der Waals surface area contributed by atoms with Gasteiger partial charge in [0.2, 0.25) is 0 Å². The van der Waals surface area contributed by atoms with Crippen molar-refractivity contribution >= 4 is 27.7 Å². The molecule has 0 spiro atoms. The molecule has 22 heavy (non-hydrogen) atoms. The Kier molecular flexibility index (Phi) is 4.95. The number of hydrogen-bond donors (Lipinski definition) is 1. The van der Waals surface area contributed by atoms with Gasteiger partial charge in [0.25, 0.3) is 0 Å². The van der Waals surface area contributed by atoms with Gasteiger partial charge in [-0.05, 0) is 51.2 Å². The molecule has 116 valence electrons. The summed E-state index contributed by atoms with van der Waals surface area (Å²) in [5, 5.41) is 5.28. The maximum Gasteiger partial charge on any atom is 0.120 e. The molecule has 0 fully saturated rings. The van der Waals surface area contributed by atoms with Crippen molar-refractivity contribution in [2.24, 2.45) is 4.99 Å². The Morgan fingerprint density at radius 2 is 2.23 bits per heavy atom. The van der Waals surface area contributed by atoms with Crippen LogP contribution >= 0.6 is 11.8 Å². The minimum absolute atomic E-state index is 0.394. The maximum absolute atomic E-state index is 5.76. The molecule has 0 saturated heterocycles. The van der Waals surface area contributed by atoms with Crippen LogP contribution in [0.25, 0.3) is 10.9 Å². The Morgan fingerprint density at radius 3 is 3.00 bits per heavy atom. The summed E-state index contributed by atoms with van der Waals surface area (Å²) < 4.78 is 5.76. The summed E-state index contributed by atoms with van der Waals surface area (Å²) in [5.41, 5.74) is 1.97. The van der Waals surface area contributed by atoms with E-state index in [9.17, 15) is 0 Å². The number of thioether (sulfide) groups is 1. The fourth-order valence-corrected chi connectivity index (χ4v) is 3.36. The standard InChI is InChI=1S/C17H21N3OS/c1-12-11-22-17(19-12)16-6-4-13-10-14(5-7-15(13)20-16)21-9-3-8-18-2/h4-7,10,12,18H,3,8-9,11H2,1-2H3/t12-/m0/s1. The van der Waals surface area contributed by atoms with Gasteiger partial charge in [0, 0.05) is 11.1 Å². The molecular formula is C17H21N3OS. The second-order valence-electron chi connectivity index (χ2n) is 5.45. The first-order valence-corrected chi connectivity index (χ1v) is 8.64. The molecule has 1 atom stereocenters. The van der Waals surface area contributed by atoms with E-state index in [1.54, 1.807) is 11.8 Å². The molecule has 0 unspecified atom stereocenters. The molecule has 1 aliphatic rings. The van der Waals surface area contributed by atoms with Crippen molar-refractivity contribution in [3.8, 4) is 5.75 Å². The van der Waals surface area contributed by atoms with Crippen molar-refractivity contribution in [3.05, 3.63) is 36.0 Å². The van der Waals surface area contributed by atoms with Crippen LogP contribution in [0.2, 0.25) is 0 Å². The van der Waals surface area contributed by atoms with Crippen LogP contribution in [0.4, 0.5) is 0 Å². The second kappa shape index (κ2) is 7.11. The number of ether oxygens (including phenoxy) is 1.